The van der Waals surface area contributed by atoms with Gasteiger partial charge in [0.25, 0.3) is 0 Å². The first kappa shape index (κ1) is 38.3. The molecule has 0 fully saturated rings. The number of aromatic nitrogens is 1. The van der Waals surface area contributed by atoms with Crippen LogP contribution in [0.4, 0.5) is 10.8 Å². The number of aliphatic imine (C=N–C) groups is 1. The van der Waals surface area contributed by atoms with Gasteiger partial charge in [0.15, 0.2) is 5.13 Å². The van der Waals surface area contributed by atoms with Gasteiger partial charge in [-0.3, -0.25) is 0 Å². The van der Waals surface area contributed by atoms with E-state index in [1.807, 2.05) is 12.1 Å². The maximum atomic E-state index is 5.14. The summed E-state index contributed by atoms with van der Waals surface area (Å²) in [6.45, 7) is 19.1. The first-order valence-electron chi connectivity index (χ1n) is 16.4. The summed E-state index contributed by atoms with van der Waals surface area (Å²) in [5, 5.41) is 6.95. The molecule has 0 aliphatic rings. The van der Waals surface area contributed by atoms with E-state index in [1.54, 1.807) is 11.3 Å². The average Bonchev–Trinajstić information content (AvgIpc) is 3.43. The third-order valence-electron chi connectivity index (χ3n) is 7.82. The van der Waals surface area contributed by atoms with E-state index >= 15 is 0 Å². The molecule has 0 spiro atoms. The van der Waals surface area contributed by atoms with Crippen molar-refractivity contribution in [1.29, 1.82) is 0 Å². The van der Waals surface area contributed by atoms with Crippen LogP contribution in [0.5, 0.6) is 0 Å². The summed E-state index contributed by atoms with van der Waals surface area (Å²) in [5.41, 5.74) is 19.7. The number of rotatable bonds is 9. The van der Waals surface area contributed by atoms with Crippen molar-refractivity contribution < 1.29 is 0 Å². The molecule has 5 aromatic rings. The Labute approximate surface area is 300 Å². The predicted octanol–water partition coefficient (Wildman–Crippen LogP) is 12.6. The number of nitrogens with zero attached hydrogens (tertiary/aromatic N) is 2. The first-order chi connectivity index (χ1) is 22.6. The third kappa shape index (κ3) is 10.4. The molecule has 4 nitrogen and oxygen atoms in total. The van der Waals surface area contributed by atoms with Crippen LogP contribution in [0.3, 0.4) is 0 Å². The predicted molar refractivity (Wildman–Crippen MR) is 215 cm³/mol. The Balaban J connectivity index is 0.000000227. The highest BCUT2D eigenvalue weighted by Crippen LogP contribution is 2.40. The normalized spacial score (nSPS) is 10.4. The minimum atomic E-state index is 0.840. The number of thiocarbonyl (C=S) groups is 1. The Bertz CT molecular complexity index is 1790. The fourth-order valence-electron chi connectivity index (χ4n) is 5.89. The lowest BCUT2D eigenvalue weighted by molar-refractivity contribution is 0.807. The summed E-state index contributed by atoms with van der Waals surface area (Å²) in [5.74, 6) is 0. The van der Waals surface area contributed by atoms with Crippen molar-refractivity contribution in [3.8, 4) is 22.3 Å². The van der Waals surface area contributed by atoms with E-state index in [-0.39, 0.29) is 0 Å². The number of halogens is 1. The monoisotopic (exact) mass is 728 g/mol. The van der Waals surface area contributed by atoms with Crippen molar-refractivity contribution in [2.75, 3.05) is 18.4 Å². The smallest absolute Gasteiger partial charge is 0.183 e. The summed E-state index contributed by atoms with van der Waals surface area (Å²) in [6.07, 6.45) is 4.76. The van der Waals surface area contributed by atoms with Crippen molar-refractivity contribution in [1.82, 2.24) is 4.98 Å². The molecule has 1 aromatic heterocycles. The molecular formula is C40H49BrN4S2. The standard InChI is InChI=1S/C20H24N2S.C16H14BrNS.C4H11N/c1-5-6-10-21-20-22-19-16(8-7-9-17(19)23-20)18-14(3)11-13(2)12-15(18)4;1-10-7-11(2)15(12(3)8-10)13-5-4-6-14(17)16(13)18-9-19;1-2-3-4-5/h7-9,11-12H,5-6,10H2,1-4H3,(H,21,22);4-8H,1-3H3;2-5H2,1H3. The van der Waals surface area contributed by atoms with Crippen LogP contribution < -0.4 is 11.1 Å². The molecule has 0 unspecified atom stereocenters. The maximum absolute atomic E-state index is 5.14. The number of benzene rings is 4. The number of para-hydroxylation sites is 2. The molecule has 4 aromatic carbocycles. The number of hydrogen-bond acceptors (Lipinski definition) is 6. The summed E-state index contributed by atoms with van der Waals surface area (Å²) >= 11 is 10.0. The van der Waals surface area contributed by atoms with Gasteiger partial charge >= 0.3 is 0 Å². The Morgan fingerprint density at radius 2 is 1.34 bits per heavy atom. The number of anilines is 1. The number of isothiocyanates is 1. The molecule has 5 rings (SSSR count). The van der Waals surface area contributed by atoms with Crippen LogP contribution in [-0.4, -0.2) is 23.2 Å². The zero-order valence-corrected chi connectivity index (χ0v) is 32.4. The number of fused-ring (bicyclic) bond motifs is 1. The molecule has 0 saturated carbocycles. The maximum Gasteiger partial charge on any atom is 0.183 e. The van der Waals surface area contributed by atoms with Crippen LogP contribution in [0.25, 0.3) is 32.5 Å². The second-order valence-corrected chi connectivity index (χ2v) is 14.0. The zero-order valence-electron chi connectivity index (χ0n) is 29.2. The van der Waals surface area contributed by atoms with E-state index in [2.05, 4.69) is 135 Å². The van der Waals surface area contributed by atoms with Crippen molar-refractivity contribution in [2.45, 2.75) is 81.1 Å². The minimum absolute atomic E-state index is 0.840. The van der Waals surface area contributed by atoms with Crippen LogP contribution in [0.2, 0.25) is 0 Å². The van der Waals surface area contributed by atoms with E-state index in [4.69, 9.17) is 22.9 Å². The van der Waals surface area contributed by atoms with Gasteiger partial charge in [-0.1, -0.05) is 97.7 Å². The summed E-state index contributed by atoms with van der Waals surface area (Å²) in [6, 6.07) is 21.5. The van der Waals surface area contributed by atoms with Gasteiger partial charge in [0.05, 0.1) is 21.1 Å². The lowest BCUT2D eigenvalue weighted by Crippen LogP contribution is -1.99. The molecule has 0 amide bonds. The van der Waals surface area contributed by atoms with E-state index in [0.717, 1.165) is 39.5 Å². The molecule has 0 aliphatic heterocycles. The van der Waals surface area contributed by atoms with E-state index in [9.17, 15) is 0 Å². The van der Waals surface area contributed by atoms with E-state index in [1.165, 1.54) is 80.5 Å². The van der Waals surface area contributed by atoms with E-state index in [0.29, 0.717) is 0 Å². The van der Waals surface area contributed by atoms with Crippen LogP contribution >= 0.6 is 39.5 Å². The number of nitrogens with one attached hydrogen (secondary N) is 1. The van der Waals surface area contributed by atoms with Crippen molar-refractivity contribution in [3.63, 3.8) is 0 Å². The SMILES string of the molecule is CCCCN.CCCCNc1nc2c(-c3c(C)cc(C)cc3C)cccc2s1.Cc1cc(C)c(-c2cccc(Br)c2N=C=S)c(C)c1. The molecule has 0 radical (unpaired) electrons. The number of aryl methyl sites for hydroxylation is 6. The number of unbranched alkanes of at least 4 members (excludes halogenated alkanes) is 2. The quantitative estimate of drug-likeness (QED) is 0.0901. The summed E-state index contributed by atoms with van der Waals surface area (Å²) < 4.78 is 2.18. The Morgan fingerprint density at radius 3 is 1.85 bits per heavy atom. The van der Waals surface area contributed by atoms with E-state index < -0.39 is 0 Å². The molecular weight excluding hydrogens is 681 g/mol. The lowest BCUT2D eigenvalue weighted by atomic mass is 9.93. The molecule has 7 heteroatoms. The third-order valence-corrected chi connectivity index (χ3v) is 9.53. The molecule has 248 valence electrons. The average molecular weight is 730 g/mol. The van der Waals surface area contributed by atoms with Gasteiger partial charge in [-0.15, -0.1) is 0 Å². The number of thiazole rings is 1. The van der Waals surface area contributed by atoms with Crippen LogP contribution in [0.15, 0.2) is 70.1 Å². The highest BCUT2D eigenvalue weighted by molar-refractivity contribution is 9.10. The van der Waals surface area contributed by atoms with Crippen LogP contribution in [0, 0.1) is 41.5 Å². The van der Waals surface area contributed by atoms with Gasteiger partial charge in [-0.25, -0.2) is 4.98 Å². The highest BCUT2D eigenvalue weighted by Gasteiger charge is 2.14. The van der Waals surface area contributed by atoms with Gasteiger partial charge in [0, 0.05) is 22.1 Å². The zero-order chi connectivity index (χ0) is 34.5. The molecule has 0 bridgehead atoms. The van der Waals surface area contributed by atoms with Crippen LogP contribution in [0.1, 0.15) is 72.9 Å². The largest absolute Gasteiger partial charge is 0.361 e. The Kier molecular flexibility index (Phi) is 15.4. The Morgan fingerprint density at radius 1 is 0.809 bits per heavy atom. The fourth-order valence-corrected chi connectivity index (χ4v) is 7.35. The molecule has 1 heterocycles. The van der Waals surface area contributed by atoms with Crippen molar-refractivity contribution in [3.05, 3.63) is 98.5 Å². The molecule has 0 aliphatic carbocycles. The lowest BCUT2D eigenvalue weighted by Gasteiger charge is -2.14. The second-order valence-electron chi connectivity index (χ2n) is 12.0. The first-order valence-corrected chi connectivity index (χ1v) is 18.4. The van der Waals surface area contributed by atoms with Gasteiger partial charge in [-0.05, 0) is 135 Å². The van der Waals surface area contributed by atoms with Crippen molar-refractivity contribution >= 4 is 65.7 Å². The highest BCUT2D eigenvalue weighted by atomic mass is 79.9. The molecule has 0 atom stereocenters. The van der Waals surface area contributed by atoms with Gasteiger partial charge in [0.1, 0.15) is 0 Å². The molecule has 3 N–H and O–H groups in total. The second kappa shape index (κ2) is 19.0. The number of hydrogen-bond donors (Lipinski definition) is 2. The number of nitrogens with two attached hydrogens (primary N) is 1. The summed E-state index contributed by atoms with van der Waals surface area (Å²) in [4.78, 5) is 9.08. The minimum Gasteiger partial charge on any atom is -0.361 e. The fraction of sp³-hybridized carbons (Fsp3) is 0.350. The van der Waals surface area contributed by atoms with Gasteiger partial charge < -0.3 is 11.1 Å². The van der Waals surface area contributed by atoms with Gasteiger partial charge in [-0.2, -0.15) is 4.99 Å². The Hall–Kier alpha value is -3.19. The topological polar surface area (TPSA) is 63.3 Å². The van der Waals surface area contributed by atoms with Crippen LogP contribution in [-0.2, 0) is 0 Å². The van der Waals surface area contributed by atoms with Gasteiger partial charge in [0.2, 0.25) is 0 Å². The summed E-state index contributed by atoms with van der Waals surface area (Å²) in [7, 11) is 0. The molecule has 47 heavy (non-hydrogen) atoms. The molecule has 0 saturated heterocycles. The van der Waals surface area contributed by atoms with Crippen molar-refractivity contribution in [2.24, 2.45) is 10.7 Å².